The first-order valence-electron chi connectivity index (χ1n) is 15.1. The highest BCUT2D eigenvalue weighted by atomic mass is 35.5. The molecule has 0 spiro atoms. The number of pyridine rings is 1. The van der Waals surface area contributed by atoms with Gasteiger partial charge in [0.05, 0.1) is 44.8 Å². The molecule has 12 heteroatoms. The first-order valence-corrected chi connectivity index (χ1v) is 15.5. The number of aromatic nitrogens is 1. The van der Waals surface area contributed by atoms with Gasteiger partial charge in [-0.1, -0.05) is 17.7 Å². The number of hydrogen-bond donors (Lipinski definition) is 2. The number of amides is 2. The molecule has 0 radical (unpaired) electrons. The minimum absolute atomic E-state index is 0.0115. The second kappa shape index (κ2) is 13.3. The molecular formula is C35H35ClN4O7. The molecule has 0 saturated carbocycles. The molecule has 0 unspecified atom stereocenters. The van der Waals surface area contributed by atoms with E-state index >= 15 is 0 Å². The summed E-state index contributed by atoms with van der Waals surface area (Å²) in [6.45, 7) is 1.95. The first kappa shape index (κ1) is 31.8. The highest BCUT2D eigenvalue weighted by Gasteiger charge is 2.35. The minimum Gasteiger partial charge on any atom is -0.495 e. The van der Waals surface area contributed by atoms with Gasteiger partial charge in [-0.3, -0.25) is 14.4 Å². The number of nitrogens with zero attached hydrogens (tertiary/aromatic N) is 2. The third-order valence-electron chi connectivity index (χ3n) is 8.66. The Hall–Kier alpha value is -5.16. The molecule has 2 atom stereocenters. The molecule has 2 amide bonds. The summed E-state index contributed by atoms with van der Waals surface area (Å²) < 4.78 is 23.4. The Bertz CT molecular complexity index is 1880. The molecule has 3 heterocycles. The van der Waals surface area contributed by atoms with Crippen molar-refractivity contribution < 1.29 is 28.5 Å². The highest BCUT2D eigenvalue weighted by Crippen LogP contribution is 2.41. The molecule has 1 fully saturated rings. The SMILES string of the molecule is COc1ccc(NC(=O)c2ccc(N3C[C@H]4C[C@@H](C3)c3cccc(=O)n3C4)c(NC(=O)c3cc(OC)c(OC)c(OC)c3)c2)cc1Cl. The third kappa shape index (κ3) is 6.31. The fraction of sp³-hybridized carbons (Fsp3) is 0.286. The van der Waals surface area contributed by atoms with E-state index in [0.29, 0.717) is 64.6 Å². The third-order valence-corrected chi connectivity index (χ3v) is 8.96. The van der Waals surface area contributed by atoms with Crippen molar-refractivity contribution in [1.82, 2.24) is 4.57 Å². The number of carbonyl (C=O) groups is 2. The van der Waals surface area contributed by atoms with Gasteiger partial charge in [-0.2, -0.15) is 0 Å². The number of fused-ring (bicyclic) bond motifs is 4. The Balaban J connectivity index is 1.35. The molecule has 2 bridgehead atoms. The van der Waals surface area contributed by atoms with Gasteiger partial charge in [0.2, 0.25) is 5.75 Å². The van der Waals surface area contributed by atoms with Crippen LogP contribution >= 0.6 is 11.6 Å². The number of anilines is 3. The lowest BCUT2D eigenvalue weighted by Crippen LogP contribution is -2.47. The van der Waals surface area contributed by atoms with Crippen molar-refractivity contribution in [3.63, 3.8) is 0 Å². The quantitative estimate of drug-likeness (QED) is 0.236. The van der Waals surface area contributed by atoms with Crippen LogP contribution in [0.15, 0.2) is 71.5 Å². The van der Waals surface area contributed by atoms with Crippen LogP contribution < -0.4 is 40.0 Å². The zero-order chi connectivity index (χ0) is 33.2. The molecule has 47 heavy (non-hydrogen) atoms. The van der Waals surface area contributed by atoms with Gasteiger partial charge >= 0.3 is 0 Å². The topological polar surface area (TPSA) is 120 Å². The monoisotopic (exact) mass is 658 g/mol. The summed E-state index contributed by atoms with van der Waals surface area (Å²) in [5.74, 6) is 1.08. The Kier molecular flexibility index (Phi) is 8.99. The summed E-state index contributed by atoms with van der Waals surface area (Å²) in [5.41, 5.74) is 3.33. The molecule has 4 aromatic rings. The molecular weight excluding hydrogens is 624 g/mol. The zero-order valence-corrected chi connectivity index (χ0v) is 27.2. The number of ether oxygens (including phenoxy) is 4. The normalized spacial score (nSPS) is 16.5. The van der Waals surface area contributed by atoms with Crippen LogP contribution in [0.5, 0.6) is 23.0 Å². The fourth-order valence-electron chi connectivity index (χ4n) is 6.50. The van der Waals surface area contributed by atoms with Crippen LogP contribution in [0.25, 0.3) is 0 Å². The molecule has 2 aliphatic rings. The summed E-state index contributed by atoms with van der Waals surface area (Å²) in [4.78, 5) is 42.1. The Morgan fingerprint density at radius 3 is 2.17 bits per heavy atom. The molecule has 2 N–H and O–H groups in total. The van der Waals surface area contributed by atoms with Crippen molar-refractivity contribution in [2.45, 2.75) is 18.9 Å². The predicted molar refractivity (Wildman–Crippen MR) is 180 cm³/mol. The van der Waals surface area contributed by atoms with Crippen LogP contribution in [-0.2, 0) is 6.54 Å². The maximum Gasteiger partial charge on any atom is 0.255 e. The van der Waals surface area contributed by atoms with Crippen molar-refractivity contribution >= 4 is 40.5 Å². The van der Waals surface area contributed by atoms with Crippen LogP contribution in [0.3, 0.4) is 0 Å². The number of piperidine rings is 1. The lowest BCUT2D eigenvalue weighted by molar-refractivity contribution is 0.101. The van der Waals surface area contributed by atoms with E-state index in [2.05, 4.69) is 15.5 Å². The number of methoxy groups -OCH3 is 4. The summed E-state index contributed by atoms with van der Waals surface area (Å²) in [7, 11) is 5.97. The van der Waals surface area contributed by atoms with Crippen LogP contribution in [-0.4, -0.2) is 57.9 Å². The number of hydrogen-bond acceptors (Lipinski definition) is 8. The molecule has 3 aromatic carbocycles. The molecule has 2 aliphatic heterocycles. The standard InChI is InChI=1S/C35H35ClN4O7/c1-44-29-11-9-24(16-25(29)36)37-34(42)21-8-10-28(39-17-20-12-23(19-39)27-6-5-7-32(41)40(27)18-20)26(13-21)38-35(43)22-14-30(45-2)33(47-4)31(15-22)46-3/h5-11,13-16,20,23H,12,17-19H2,1-4H3,(H,37,42)(H,38,43)/t20-,23+/m1/s1. The lowest BCUT2D eigenvalue weighted by Gasteiger charge is -2.44. The average Bonchev–Trinajstić information content (AvgIpc) is 3.08. The molecule has 6 rings (SSSR count). The van der Waals surface area contributed by atoms with Gasteiger partial charge < -0.3 is 39.0 Å². The van der Waals surface area contributed by atoms with Crippen molar-refractivity contribution in [2.24, 2.45) is 5.92 Å². The number of halogens is 1. The number of benzene rings is 3. The van der Waals surface area contributed by atoms with E-state index in [-0.39, 0.29) is 28.9 Å². The second-order valence-corrected chi connectivity index (χ2v) is 11.9. The summed E-state index contributed by atoms with van der Waals surface area (Å²) in [6.07, 6.45) is 0.970. The van der Waals surface area contributed by atoms with Crippen molar-refractivity contribution in [3.05, 3.63) is 98.9 Å². The highest BCUT2D eigenvalue weighted by molar-refractivity contribution is 6.32. The Morgan fingerprint density at radius 1 is 0.766 bits per heavy atom. The number of carbonyl (C=O) groups excluding carboxylic acids is 2. The Labute approximate surface area is 277 Å². The number of nitrogens with one attached hydrogen (secondary N) is 2. The molecule has 1 aromatic heterocycles. The van der Waals surface area contributed by atoms with E-state index in [1.165, 1.54) is 28.4 Å². The van der Waals surface area contributed by atoms with Crippen molar-refractivity contribution in [2.75, 3.05) is 57.1 Å². The van der Waals surface area contributed by atoms with Crippen LogP contribution in [0.4, 0.5) is 17.1 Å². The van der Waals surface area contributed by atoms with E-state index in [4.69, 9.17) is 30.5 Å². The Morgan fingerprint density at radius 2 is 1.49 bits per heavy atom. The predicted octanol–water partition coefficient (Wildman–Crippen LogP) is 5.66. The van der Waals surface area contributed by atoms with Crippen molar-refractivity contribution in [1.29, 1.82) is 0 Å². The summed E-state index contributed by atoms with van der Waals surface area (Å²) in [5, 5.41) is 6.26. The van der Waals surface area contributed by atoms with E-state index < -0.39 is 5.91 Å². The number of rotatable bonds is 9. The second-order valence-electron chi connectivity index (χ2n) is 11.5. The van der Waals surface area contributed by atoms with Crippen molar-refractivity contribution in [3.8, 4) is 23.0 Å². The molecule has 1 saturated heterocycles. The van der Waals surface area contributed by atoms with Gasteiger partial charge in [0.25, 0.3) is 17.4 Å². The van der Waals surface area contributed by atoms with Gasteiger partial charge in [-0.25, -0.2) is 0 Å². The van der Waals surface area contributed by atoms with Crippen LogP contribution in [0.1, 0.15) is 38.7 Å². The first-order chi connectivity index (χ1) is 22.7. The molecule has 0 aliphatic carbocycles. The van der Waals surface area contributed by atoms with E-state index in [9.17, 15) is 14.4 Å². The van der Waals surface area contributed by atoms with Gasteiger partial charge in [0, 0.05) is 54.1 Å². The molecule has 244 valence electrons. The van der Waals surface area contributed by atoms with Gasteiger partial charge in [-0.05, 0) is 66.9 Å². The zero-order valence-electron chi connectivity index (χ0n) is 26.5. The fourth-order valence-corrected chi connectivity index (χ4v) is 6.76. The maximum atomic E-state index is 13.8. The lowest BCUT2D eigenvalue weighted by atomic mass is 9.83. The summed E-state index contributed by atoms with van der Waals surface area (Å²) in [6, 6.07) is 18.8. The summed E-state index contributed by atoms with van der Waals surface area (Å²) >= 11 is 6.28. The van der Waals surface area contributed by atoms with E-state index in [1.54, 1.807) is 54.6 Å². The largest absolute Gasteiger partial charge is 0.495 e. The van der Waals surface area contributed by atoms with E-state index in [0.717, 1.165) is 17.8 Å². The van der Waals surface area contributed by atoms with Gasteiger partial charge in [0.15, 0.2) is 11.5 Å². The van der Waals surface area contributed by atoms with Crippen LogP contribution in [0.2, 0.25) is 5.02 Å². The smallest absolute Gasteiger partial charge is 0.255 e. The van der Waals surface area contributed by atoms with Gasteiger partial charge in [-0.15, -0.1) is 0 Å². The van der Waals surface area contributed by atoms with E-state index in [1.807, 2.05) is 16.7 Å². The minimum atomic E-state index is -0.431. The van der Waals surface area contributed by atoms with Crippen LogP contribution in [0, 0.1) is 5.92 Å². The molecule has 11 nitrogen and oxygen atoms in total. The maximum absolute atomic E-state index is 13.8. The average molecular weight is 659 g/mol. The van der Waals surface area contributed by atoms with Gasteiger partial charge in [0.1, 0.15) is 5.75 Å².